The topological polar surface area (TPSA) is 12.0 Å². The molecule has 0 amide bonds. The molecule has 1 unspecified atom stereocenters. The van der Waals surface area contributed by atoms with Crippen LogP contribution in [0.1, 0.15) is 38.2 Å². The van der Waals surface area contributed by atoms with Crippen LogP contribution in [0.3, 0.4) is 0 Å². The van der Waals surface area contributed by atoms with Gasteiger partial charge in [0.2, 0.25) is 0 Å². The third-order valence-electron chi connectivity index (χ3n) is 2.73. The quantitative estimate of drug-likeness (QED) is 0.567. The van der Waals surface area contributed by atoms with E-state index in [9.17, 15) is 0 Å². The number of nitrogens with one attached hydrogen (secondary N) is 1. The van der Waals surface area contributed by atoms with E-state index in [-0.39, 0.29) is 0 Å². The molecule has 0 aliphatic carbocycles. The highest BCUT2D eigenvalue weighted by Crippen LogP contribution is 2.17. The molecule has 0 radical (unpaired) electrons. The van der Waals surface area contributed by atoms with E-state index in [0.29, 0.717) is 5.92 Å². The van der Waals surface area contributed by atoms with Gasteiger partial charge in [0.15, 0.2) is 0 Å². The van der Waals surface area contributed by atoms with E-state index in [4.69, 9.17) is 0 Å². The fourth-order valence-corrected chi connectivity index (χ4v) is 1.67. The van der Waals surface area contributed by atoms with Crippen LogP contribution in [0.25, 0.3) is 0 Å². The van der Waals surface area contributed by atoms with Crippen LogP contribution >= 0.6 is 0 Å². The summed E-state index contributed by atoms with van der Waals surface area (Å²) >= 11 is 0. The van der Waals surface area contributed by atoms with Gasteiger partial charge in [-0.05, 0) is 31.4 Å². The van der Waals surface area contributed by atoms with E-state index in [1.54, 1.807) is 0 Å². The van der Waals surface area contributed by atoms with Crippen molar-refractivity contribution in [3.63, 3.8) is 0 Å². The summed E-state index contributed by atoms with van der Waals surface area (Å²) in [7, 11) is 0. The molecule has 0 saturated heterocycles. The van der Waals surface area contributed by atoms with Gasteiger partial charge in [0.1, 0.15) is 0 Å². The van der Waals surface area contributed by atoms with Crippen molar-refractivity contribution >= 4 is 0 Å². The zero-order valence-electron chi connectivity index (χ0n) is 10.3. The third-order valence-corrected chi connectivity index (χ3v) is 2.73. The van der Waals surface area contributed by atoms with Crippen LogP contribution in [-0.4, -0.2) is 13.1 Å². The van der Waals surface area contributed by atoms with Crippen molar-refractivity contribution in [2.24, 2.45) is 0 Å². The third kappa shape index (κ3) is 5.00. The van der Waals surface area contributed by atoms with Gasteiger partial charge in [0, 0.05) is 13.0 Å². The van der Waals surface area contributed by atoms with Crippen LogP contribution < -0.4 is 5.32 Å². The van der Waals surface area contributed by atoms with Crippen LogP contribution in [0.4, 0.5) is 0 Å². The van der Waals surface area contributed by atoms with E-state index < -0.39 is 0 Å². The Morgan fingerprint density at radius 1 is 1.19 bits per heavy atom. The van der Waals surface area contributed by atoms with Crippen molar-refractivity contribution in [2.75, 3.05) is 13.1 Å². The second-order valence-electron chi connectivity index (χ2n) is 4.03. The van der Waals surface area contributed by atoms with Crippen molar-refractivity contribution in [1.82, 2.24) is 5.32 Å². The Morgan fingerprint density at radius 3 is 2.62 bits per heavy atom. The predicted octanol–water partition coefficient (Wildman–Crippen LogP) is 3.18. The number of hydrogen-bond acceptors (Lipinski definition) is 1. The van der Waals surface area contributed by atoms with Crippen LogP contribution in [0, 0.1) is 11.8 Å². The highest BCUT2D eigenvalue weighted by Gasteiger charge is 2.03. The summed E-state index contributed by atoms with van der Waals surface area (Å²) in [5, 5.41) is 3.42. The van der Waals surface area contributed by atoms with Gasteiger partial charge >= 0.3 is 0 Å². The first kappa shape index (κ1) is 12.8. The summed E-state index contributed by atoms with van der Waals surface area (Å²) in [5.74, 6) is 6.59. The van der Waals surface area contributed by atoms with Crippen LogP contribution in [-0.2, 0) is 0 Å². The molecule has 16 heavy (non-hydrogen) atoms. The smallest absolute Gasteiger partial charge is 0.0214 e. The largest absolute Gasteiger partial charge is 0.316 e. The highest BCUT2D eigenvalue weighted by atomic mass is 14.8. The molecule has 1 nitrogen and oxygen atoms in total. The molecule has 86 valence electrons. The van der Waals surface area contributed by atoms with Gasteiger partial charge in [0.05, 0.1) is 0 Å². The fourth-order valence-electron chi connectivity index (χ4n) is 1.67. The van der Waals surface area contributed by atoms with Gasteiger partial charge in [-0.15, -0.1) is 11.8 Å². The second-order valence-corrected chi connectivity index (χ2v) is 4.03. The first-order chi connectivity index (χ1) is 7.84. The molecule has 1 aromatic rings. The molecule has 0 aromatic heterocycles. The summed E-state index contributed by atoms with van der Waals surface area (Å²) in [5.41, 5.74) is 1.43. The molecule has 1 N–H and O–H groups in total. The van der Waals surface area contributed by atoms with Gasteiger partial charge in [-0.2, -0.15) is 0 Å². The minimum atomic E-state index is 0.631. The molecule has 1 atom stereocenters. The van der Waals surface area contributed by atoms with Crippen molar-refractivity contribution in [2.45, 2.75) is 32.6 Å². The Balaban J connectivity index is 2.15. The monoisotopic (exact) mass is 215 g/mol. The SMILES string of the molecule is CC#CCCNCCC(C)c1ccccc1. The summed E-state index contributed by atoms with van der Waals surface area (Å²) in [6, 6.07) is 10.7. The molecular weight excluding hydrogens is 194 g/mol. The average molecular weight is 215 g/mol. The molecule has 1 aromatic carbocycles. The van der Waals surface area contributed by atoms with Crippen molar-refractivity contribution < 1.29 is 0 Å². The second kappa shape index (κ2) is 7.96. The van der Waals surface area contributed by atoms with Crippen LogP contribution in [0.15, 0.2) is 30.3 Å². The Morgan fingerprint density at radius 2 is 1.94 bits per heavy atom. The average Bonchev–Trinajstić information content (AvgIpc) is 2.34. The van der Waals surface area contributed by atoms with Gasteiger partial charge in [0.25, 0.3) is 0 Å². The van der Waals surface area contributed by atoms with Crippen molar-refractivity contribution in [3.8, 4) is 11.8 Å². The van der Waals surface area contributed by atoms with Gasteiger partial charge < -0.3 is 5.32 Å². The van der Waals surface area contributed by atoms with Crippen molar-refractivity contribution in [1.29, 1.82) is 0 Å². The molecule has 0 heterocycles. The minimum Gasteiger partial charge on any atom is -0.316 e. The first-order valence-corrected chi connectivity index (χ1v) is 6.00. The lowest BCUT2D eigenvalue weighted by Crippen LogP contribution is -2.17. The maximum Gasteiger partial charge on any atom is 0.0214 e. The highest BCUT2D eigenvalue weighted by molar-refractivity contribution is 5.18. The molecule has 1 rings (SSSR count). The Labute approximate surface area is 99.3 Å². The fraction of sp³-hybridized carbons (Fsp3) is 0.467. The first-order valence-electron chi connectivity index (χ1n) is 6.00. The zero-order chi connectivity index (χ0) is 11.6. The summed E-state index contributed by atoms with van der Waals surface area (Å²) in [4.78, 5) is 0. The lowest BCUT2D eigenvalue weighted by molar-refractivity contribution is 0.600. The van der Waals surface area contributed by atoms with E-state index in [2.05, 4.69) is 54.4 Å². The minimum absolute atomic E-state index is 0.631. The Bertz CT molecular complexity index is 331. The number of rotatable bonds is 6. The maximum atomic E-state index is 3.42. The summed E-state index contributed by atoms with van der Waals surface area (Å²) in [6.07, 6.45) is 2.14. The lowest BCUT2D eigenvalue weighted by atomic mass is 9.98. The number of benzene rings is 1. The molecule has 0 fully saturated rings. The van der Waals surface area contributed by atoms with E-state index in [0.717, 1.165) is 19.5 Å². The molecule has 0 saturated carbocycles. The van der Waals surface area contributed by atoms with Gasteiger partial charge in [-0.1, -0.05) is 37.3 Å². The summed E-state index contributed by atoms with van der Waals surface area (Å²) in [6.45, 7) is 6.24. The maximum absolute atomic E-state index is 3.42. The molecular formula is C15H21N. The zero-order valence-corrected chi connectivity index (χ0v) is 10.3. The van der Waals surface area contributed by atoms with Crippen molar-refractivity contribution in [3.05, 3.63) is 35.9 Å². The van der Waals surface area contributed by atoms with Gasteiger partial charge in [-0.25, -0.2) is 0 Å². The van der Waals surface area contributed by atoms with Crippen LogP contribution in [0.5, 0.6) is 0 Å². The van der Waals surface area contributed by atoms with E-state index in [1.807, 2.05) is 6.92 Å². The molecule has 0 spiro atoms. The summed E-state index contributed by atoms with van der Waals surface area (Å²) < 4.78 is 0. The van der Waals surface area contributed by atoms with Gasteiger partial charge in [-0.3, -0.25) is 0 Å². The lowest BCUT2D eigenvalue weighted by Gasteiger charge is -2.11. The molecule has 0 bridgehead atoms. The molecule has 1 heteroatoms. The Hall–Kier alpha value is -1.26. The molecule has 0 aliphatic rings. The Kier molecular flexibility index (Phi) is 6.37. The predicted molar refractivity (Wildman–Crippen MR) is 70.4 cm³/mol. The van der Waals surface area contributed by atoms with E-state index >= 15 is 0 Å². The van der Waals surface area contributed by atoms with E-state index in [1.165, 1.54) is 12.0 Å². The number of hydrogen-bond donors (Lipinski definition) is 1. The molecule has 0 aliphatic heterocycles. The normalized spacial score (nSPS) is 11.6. The van der Waals surface area contributed by atoms with Crippen LogP contribution in [0.2, 0.25) is 0 Å². The standard InChI is InChI=1S/C15H21N/c1-3-4-8-12-16-13-11-14(2)15-9-6-5-7-10-15/h5-7,9-10,14,16H,8,11-13H2,1-2H3.